The van der Waals surface area contributed by atoms with Crippen LogP contribution in [0.25, 0.3) is 0 Å². The molecule has 1 aliphatic heterocycles. The first-order valence-electron chi connectivity index (χ1n) is 12.0. The number of methoxy groups -OCH3 is 4. The van der Waals surface area contributed by atoms with Crippen molar-refractivity contribution in [3.63, 3.8) is 0 Å². The number of carbonyl (C=O) groups is 1. The minimum absolute atomic E-state index is 0.0607. The molecule has 0 saturated heterocycles. The number of aromatic hydroxyl groups is 2. The Balaban J connectivity index is 1.67. The van der Waals surface area contributed by atoms with Gasteiger partial charge >= 0.3 is 5.97 Å². The Hall–Kier alpha value is -4.18. The van der Waals surface area contributed by atoms with Gasteiger partial charge in [0.15, 0.2) is 28.8 Å². The van der Waals surface area contributed by atoms with E-state index < -0.39 is 23.1 Å². The molecular weight excluding hydrogens is 494 g/mol. The van der Waals surface area contributed by atoms with Crippen molar-refractivity contribution in [1.29, 1.82) is 0 Å². The number of nitrogens with zero attached hydrogens (tertiary/aromatic N) is 1. The van der Waals surface area contributed by atoms with E-state index in [1.54, 1.807) is 20.3 Å². The van der Waals surface area contributed by atoms with Gasteiger partial charge in [-0.25, -0.2) is 0 Å². The summed E-state index contributed by atoms with van der Waals surface area (Å²) in [4.78, 5) is 27.2. The zero-order chi connectivity index (χ0) is 27.4. The van der Waals surface area contributed by atoms with Crippen LogP contribution in [0.2, 0.25) is 0 Å². The monoisotopic (exact) mass is 525 g/mol. The molecule has 0 aliphatic carbocycles. The normalized spacial score (nSPS) is 13.9. The maximum absolute atomic E-state index is 12.8. The average Bonchev–Trinajstić information content (AvgIpc) is 2.93. The van der Waals surface area contributed by atoms with Crippen molar-refractivity contribution < 1.29 is 38.4 Å². The summed E-state index contributed by atoms with van der Waals surface area (Å²) in [5.74, 6) is -0.327. The highest BCUT2D eigenvalue weighted by atomic mass is 16.5. The molecule has 10 nitrogen and oxygen atoms in total. The molecule has 4 rings (SSSR count). The number of hydrogen-bond donors (Lipinski definition) is 2. The van der Waals surface area contributed by atoms with Crippen molar-refractivity contribution in [2.24, 2.45) is 0 Å². The maximum atomic E-state index is 12.8. The van der Waals surface area contributed by atoms with Crippen molar-refractivity contribution in [2.75, 3.05) is 35.0 Å². The number of rotatable bonds is 9. The van der Waals surface area contributed by atoms with E-state index in [0.717, 1.165) is 17.5 Å². The van der Waals surface area contributed by atoms with Crippen molar-refractivity contribution >= 4 is 5.97 Å². The van der Waals surface area contributed by atoms with E-state index in [-0.39, 0.29) is 23.7 Å². The van der Waals surface area contributed by atoms with Gasteiger partial charge in [-0.2, -0.15) is 0 Å². The van der Waals surface area contributed by atoms with Gasteiger partial charge in [0.05, 0.1) is 47.3 Å². The van der Waals surface area contributed by atoms with Gasteiger partial charge in [0.1, 0.15) is 5.76 Å². The van der Waals surface area contributed by atoms with Crippen LogP contribution >= 0.6 is 0 Å². The number of carbonyl (C=O) groups excluding carboxylic acids is 1. The van der Waals surface area contributed by atoms with Crippen molar-refractivity contribution in [1.82, 2.24) is 4.90 Å². The number of esters is 1. The first kappa shape index (κ1) is 26.9. The molecule has 0 saturated carbocycles. The highest BCUT2D eigenvalue weighted by Crippen LogP contribution is 2.38. The second kappa shape index (κ2) is 11.5. The number of phenols is 1. The summed E-state index contributed by atoms with van der Waals surface area (Å²) >= 11 is 0. The van der Waals surface area contributed by atoms with Gasteiger partial charge in [-0.05, 0) is 47.4 Å². The van der Waals surface area contributed by atoms with Crippen LogP contribution in [-0.4, -0.2) is 56.1 Å². The summed E-state index contributed by atoms with van der Waals surface area (Å²) in [6.07, 6.45) is 0.562. The van der Waals surface area contributed by atoms with Crippen LogP contribution in [-0.2, 0) is 29.0 Å². The number of ether oxygens (including phenoxy) is 4. The van der Waals surface area contributed by atoms with Gasteiger partial charge in [0.2, 0.25) is 11.2 Å². The first-order valence-corrected chi connectivity index (χ1v) is 12.0. The zero-order valence-electron chi connectivity index (χ0n) is 21.8. The standard InChI is InChI=1S/C28H31NO9/c1-34-23-10-17(5-6-21(23)30)20(13-26(32)37-4)28-27(33)22(31)12-19(38-28)15-29-8-7-16-9-24(35-2)25(36-3)11-18(16)14-29/h5-6,9-12,20,30,33H,7-8,13-15H2,1-4H3/t20-/m0/s1. The highest BCUT2D eigenvalue weighted by molar-refractivity contribution is 5.71. The van der Waals surface area contributed by atoms with Gasteiger partial charge in [0, 0.05) is 19.2 Å². The molecule has 202 valence electrons. The molecule has 0 spiro atoms. The van der Waals surface area contributed by atoms with Crippen LogP contribution in [0.15, 0.2) is 45.6 Å². The van der Waals surface area contributed by atoms with Crippen LogP contribution in [0.1, 0.15) is 40.5 Å². The van der Waals surface area contributed by atoms with E-state index in [1.807, 2.05) is 12.1 Å². The third kappa shape index (κ3) is 5.55. The predicted molar refractivity (Wildman–Crippen MR) is 137 cm³/mol. The lowest BCUT2D eigenvalue weighted by Crippen LogP contribution is -2.30. The smallest absolute Gasteiger partial charge is 0.306 e. The number of hydrogen-bond acceptors (Lipinski definition) is 10. The SMILES string of the molecule is COC(=O)C[C@@H](c1ccc(O)c(OC)c1)c1oc(CN2CCc3cc(OC)c(OC)cc3C2)cc(=O)c1O. The molecule has 0 amide bonds. The molecule has 1 aliphatic rings. The summed E-state index contributed by atoms with van der Waals surface area (Å²) in [6.45, 7) is 1.61. The summed E-state index contributed by atoms with van der Waals surface area (Å²) in [6, 6.07) is 9.69. The lowest BCUT2D eigenvalue weighted by molar-refractivity contribution is -0.140. The molecule has 2 N–H and O–H groups in total. The van der Waals surface area contributed by atoms with E-state index in [4.69, 9.17) is 23.4 Å². The molecule has 10 heteroatoms. The molecule has 38 heavy (non-hydrogen) atoms. The minimum atomic E-state index is -0.858. The fourth-order valence-electron chi connectivity index (χ4n) is 4.69. The Kier molecular flexibility index (Phi) is 8.11. The minimum Gasteiger partial charge on any atom is -0.504 e. The molecular formula is C28H31NO9. The molecule has 0 bridgehead atoms. The Morgan fingerprint density at radius 3 is 2.32 bits per heavy atom. The third-order valence-corrected chi connectivity index (χ3v) is 6.70. The average molecular weight is 526 g/mol. The molecule has 2 heterocycles. The second-order valence-electron chi connectivity index (χ2n) is 8.99. The highest BCUT2D eigenvalue weighted by Gasteiger charge is 2.28. The fraction of sp³-hybridized carbons (Fsp3) is 0.357. The zero-order valence-corrected chi connectivity index (χ0v) is 21.8. The maximum Gasteiger partial charge on any atom is 0.306 e. The fourth-order valence-corrected chi connectivity index (χ4v) is 4.69. The van der Waals surface area contributed by atoms with Gasteiger partial charge < -0.3 is 33.6 Å². The summed E-state index contributed by atoms with van der Waals surface area (Å²) in [7, 11) is 5.84. The second-order valence-corrected chi connectivity index (χ2v) is 8.99. The van der Waals surface area contributed by atoms with E-state index in [2.05, 4.69) is 4.90 Å². The first-order chi connectivity index (χ1) is 18.3. The van der Waals surface area contributed by atoms with Gasteiger partial charge in [-0.15, -0.1) is 0 Å². The lowest BCUT2D eigenvalue weighted by atomic mass is 9.91. The van der Waals surface area contributed by atoms with Crippen molar-refractivity contribution in [3.05, 3.63) is 74.8 Å². The Labute approximate surface area is 219 Å². The summed E-state index contributed by atoms with van der Waals surface area (Å²) in [5.41, 5.74) is 2.11. The van der Waals surface area contributed by atoms with Gasteiger partial charge in [0.25, 0.3) is 0 Å². The molecule has 1 atom stereocenters. The van der Waals surface area contributed by atoms with Crippen LogP contribution < -0.4 is 19.6 Å². The Morgan fingerprint density at radius 2 is 1.66 bits per heavy atom. The van der Waals surface area contributed by atoms with Crippen LogP contribution in [0.3, 0.4) is 0 Å². The number of benzene rings is 2. The quantitative estimate of drug-likeness (QED) is 0.402. The number of phenolic OH excluding ortho intramolecular Hbond substituents is 1. The Bertz CT molecular complexity index is 1380. The van der Waals surface area contributed by atoms with E-state index >= 15 is 0 Å². The summed E-state index contributed by atoms with van der Waals surface area (Å²) < 4.78 is 27.0. The van der Waals surface area contributed by atoms with Gasteiger partial charge in [-0.1, -0.05) is 6.07 Å². The summed E-state index contributed by atoms with van der Waals surface area (Å²) in [5, 5.41) is 20.7. The van der Waals surface area contributed by atoms with Crippen LogP contribution in [0.5, 0.6) is 28.7 Å². The number of fused-ring (bicyclic) bond motifs is 1. The van der Waals surface area contributed by atoms with Crippen molar-refractivity contribution in [3.8, 4) is 28.7 Å². The van der Waals surface area contributed by atoms with E-state index in [9.17, 15) is 19.8 Å². The van der Waals surface area contributed by atoms with E-state index in [0.29, 0.717) is 42.5 Å². The largest absolute Gasteiger partial charge is 0.504 e. The van der Waals surface area contributed by atoms with Gasteiger partial charge in [-0.3, -0.25) is 14.5 Å². The third-order valence-electron chi connectivity index (χ3n) is 6.70. The van der Waals surface area contributed by atoms with Crippen LogP contribution in [0.4, 0.5) is 0 Å². The molecule has 0 unspecified atom stereocenters. The van der Waals surface area contributed by atoms with Crippen LogP contribution in [0, 0.1) is 0 Å². The molecule has 3 aromatic rings. The van der Waals surface area contributed by atoms with E-state index in [1.165, 1.54) is 32.4 Å². The molecule has 0 fully saturated rings. The lowest BCUT2D eigenvalue weighted by Gasteiger charge is -2.29. The van der Waals surface area contributed by atoms with Crippen molar-refractivity contribution in [2.45, 2.75) is 31.8 Å². The Morgan fingerprint density at radius 1 is 0.974 bits per heavy atom. The molecule has 2 aromatic carbocycles. The molecule has 1 aromatic heterocycles. The molecule has 0 radical (unpaired) electrons. The topological polar surface area (TPSA) is 128 Å². The predicted octanol–water partition coefficient (Wildman–Crippen LogP) is 3.33.